The van der Waals surface area contributed by atoms with Crippen molar-refractivity contribution in [2.24, 2.45) is 0 Å². The van der Waals surface area contributed by atoms with E-state index in [-0.39, 0.29) is 23.2 Å². The van der Waals surface area contributed by atoms with Crippen LogP contribution in [0.25, 0.3) is 22.2 Å². The molecule has 2 aromatic carbocycles. The van der Waals surface area contributed by atoms with Crippen molar-refractivity contribution in [1.29, 1.82) is 0 Å². The minimum absolute atomic E-state index is 0.0334. The van der Waals surface area contributed by atoms with Gasteiger partial charge in [-0.25, -0.2) is 9.97 Å². The molecule has 42 heavy (non-hydrogen) atoms. The summed E-state index contributed by atoms with van der Waals surface area (Å²) in [5, 5.41) is 6.22. The molecule has 0 saturated carbocycles. The van der Waals surface area contributed by atoms with Gasteiger partial charge in [-0.2, -0.15) is 0 Å². The fourth-order valence-corrected chi connectivity index (χ4v) is 4.28. The van der Waals surface area contributed by atoms with Crippen LogP contribution < -0.4 is 20.3 Å². The zero-order chi connectivity index (χ0) is 30.6. The average Bonchev–Trinajstić information content (AvgIpc) is 3.32. The Morgan fingerprint density at radius 2 is 1.83 bits per heavy atom. The smallest absolute Gasteiger partial charge is 0.403 e. The van der Waals surface area contributed by atoms with Gasteiger partial charge in [0.2, 0.25) is 17.8 Å². The number of carbonyl (C=O) groups excluding carboxylic acids is 2. The lowest BCUT2D eigenvalue weighted by atomic mass is 10.1. The summed E-state index contributed by atoms with van der Waals surface area (Å²) in [6.07, 6.45) is -0.850. The third-order valence-corrected chi connectivity index (χ3v) is 6.29. The number of anilines is 4. The second-order valence-corrected chi connectivity index (χ2v) is 9.67. The molecule has 0 radical (unpaired) electrons. The number of likely N-dealkylation sites (N-methyl/N-ethyl adjacent to an activating group) is 2. The summed E-state index contributed by atoms with van der Waals surface area (Å²) >= 11 is 0. The highest BCUT2D eigenvalue weighted by Crippen LogP contribution is 2.40. The maximum absolute atomic E-state index is 13.5. The molecule has 0 aliphatic carbocycles. The van der Waals surface area contributed by atoms with E-state index in [0.29, 0.717) is 35.6 Å². The number of amides is 1. The first kappa shape index (κ1) is 30.1. The van der Waals surface area contributed by atoms with Crippen LogP contribution in [0.15, 0.2) is 67.5 Å². The molecule has 13 heteroatoms. The molecule has 0 spiro atoms. The number of nitrogens with zero attached hydrogens (tertiary/aromatic N) is 5. The van der Waals surface area contributed by atoms with Gasteiger partial charge in [0.15, 0.2) is 5.75 Å². The Morgan fingerprint density at radius 1 is 1.10 bits per heavy atom. The standard InChI is InChI=1S/C29H30F3N7O3/c1-6-27(41)34-22-15-23(26(42-29(30,31)32)16-25(22)38(5)14-13-37(3)4)36-28-33-12-11-21(35-28)20-17-39(18(2)40)24-10-8-7-9-19(20)24/h6-12,15-17H,1,13-14H2,2-5H3,(H,34,41)(H,33,35,36). The second kappa shape index (κ2) is 12.3. The molecule has 220 valence electrons. The van der Waals surface area contributed by atoms with Gasteiger partial charge in [-0.3, -0.25) is 14.2 Å². The third kappa shape index (κ3) is 7.04. The number of halogens is 3. The van der Waals surface area contributed by atoms with Gasteiger partial charge in [0.25, 0.3) is 0 Å². The quantitative estimate of drug-likeness (QED) is 0.236. The van der Waals surface area contributed by atoms with Gasteiger partial charge < -0.3 is 25.2 Å². The van der Waals surface area contributed by atoms with Gasteiger partial charge in [-0.05, 0) is 38.4 Å². The Bertz CT molecular complexity index is 1630. The van der Waals surface area contributed by atoms with E-state index in [9.17, 15) is 22.8 Å². The zero-order valence-electron chi connectivity index (χ0n) is 23.5. The van der Waals surface area contributed by atoms with Gasteiger partial charge in [0.1, 0.15) is 0 Å². The molecule has 2 heterocycles. The summed E-state index contributed by atoms with van der Waals surface area (Å²) in [5.74, 6) is -1.32. The van der Waals surface area contributed by atoms with Crippen molar-refractivity contribution in [2.45, 2.75) is 13.3 Å². The number of fused-ring (bicyclic) bond motifs is 1. The number of para-hydroxylation sites is 1. The molecule has 0 bridgehead atoms. The van der Waals surface area contributed by atoms with Gasteiger partial charge >= 0.3 is 6.36 Å². The van der Waals surface area contributed by atoms with E-state index in [1.807, 2.05) is 37.2 Å². The largest absolute Gasteiger partial charge is 0.573 e. The van der Waals surface area contributed by atoms with Crippen molar-refractivity contribution in [3.63, 3.8) is 0 Å². The predicted molar refractivity (Wildman–Crippen MR) is 156 cm³/mol. The van der Waals surface area contributed by atoms with Crippen LogP contribution in [0.5, 0.6) is 5.75 Å². The van der Waals surface area contributed by atoms with Crippen molar-refractivity contribution < 1.29 is 27.5 Å². The number of hydrogen-bond acceptors (Lipinski definition) is 8. The van der Waals surface area contributed by atoms with Crippen molar-refractivity contribution in [1.82, 2.24) is 19.4 Å². The van der Waals surface area contributed by atoms with E-state index in [2.05, 4.69) is 31.9 Å². The fraction of sp³-hybridized carbons (Fsp3) is 0.241. The van der Waals surface area contributed by atoms with Crippen LogP contribution in [-0.4, -0.2) is 71.8 Å². The molecule has 0 aliphatic rings. The van der Waals surface area contributed by atoms with Crippen molar-refractivity contribution >= 4 is 45.7 Å². The number of nitrogens with one attached hydrogen (secondary N) is 2. The normalized spacial score (nSPS) is 11.4. The molecule has 0 fully saturated rings. The SMILES string of the molecule is C=CC(=O)Nc1cc(Nc2nccc(-c3cn(C(C)=O)c4ccccc34)n2)c(OC(F)(F)F)cc1N(C)CCN(C)C. The minimum atomic E-state index is -5.00. The van der Waals surface area contributed by atoms with Crippen LogP contribution in [0.2, 0.25) is 0 Å². The molecule has 1 amide bonds. The highest BCUT2D eigenvalue weighted by atomic mass is 19.4. The predicted octanol–water partition coefficient (Wildman–Crippen LogP) is 5.52. The van der Waals surface area contributed by atoms with Gasteiger partial charge in [-0.1, -0.05) is 24.8 Å². The van der Waals surface area contributed by atoms with Crippen LogP contribution in [0.4, 0.5) is 36.2 Å². The number of ether oxygens (including phenoxy) is 1. The van der Waals surface area contributed by atoms with Crippen molar-refractivity contribution in [2.75, 3.05) is 49.8 Å². The molecule has 2 N–H and O–H groups in total. The highest BCUT2D eigenvalue weighted by Gasteiger charge is 2.33. The molecule has 0 unspecified atom stereocenters. The lowest BCUT2D eigenvalue weighted by Crippen LogP contribution is -2.29. The summed E-state index contributed by atoms with van der Waals surface area (Å²) in [6, 6.07) is 11.4. The monoisotopic (exact) mass is 581 g/mol. The highest BCUT2D eigenvalue weighted by molar-refractivity contribution is 6.02. The van der Waals surface area contributed by atoms with Crippen LogP contribution in [-0.2, 0) is 4.79 Å². The molecule has 4 rings (SSSR count). The number of rotatable bonds is 10. The molecule has 2 aromatic heterocycles. The molecular formula is C29H30F3N7O3. The molecule has 0 atom stereocenters. The second-order valence-electron chi connectivity index (χ2n) is 9.67. The Labute approximate surface area is 240 Å². The maximum Gasteiger partial charge on any atom is 0.573 e. The lowest BCUT2D eigenvalue weighted by Gasteiger charge is -2.26. The van der Waals surface area contributed by atoms with E-state index < -0.39 is 18.0 Å². The van der Waals surface area contributed by atoms with Crippen molar-refractivity contribution in [3.05, 3.63) is 67.5 Å². The van der Waals surface area contributed by atoms with E-state index in [4.69, 9.17) is 0 Å². The van der Waals surface area contributed by atoms with Gasteiger partial charge in [0, 0.05) is 56.5 Å². The Morgan fingerprint density at radius 3 is 2.50 bits per heavy atom. The van der Waals surface area contributed by atoms with Gasteiger partial charge in [-0.15, -0.1) is 13.2 Å². The van der Waals surface area contributed by atoms with Crippen LogP contribution in [0.3, 0.4) is 0 Å². The van der Waals surface area contributed by atoms with E-state index >= 15 is 0 Å². The summed E-state index contributed by atoms with van der Waals surface area (Å²) in [6.45, 7) is 5.94. The first-order valence-corrected chi connectivity index (χ1v) is 12.8. The topological polar surface area (TPSA) is 105 Å². The average molecular weight is 582 g/mol. The van der Waals surface area contributed by atoms with E-state index in [0.717, 1.165) is 11.5 Å². The zero-order valence-corrected chi connectivity index (χ0v) is 23.5. The van der Waals surface area contributed by atoms with Crippen molar-refractivity contribution in [3.8, 4) is 17.0 Å². The first-order chi connectivity index (χ1) is 19.9. The number of hydrogen-bond donors (Lipinski definition) is 2. The number of carbonyl (C=O) groups is 2. The Kier molecular flexibility index (Phi) is 8.81. The minimum Gasteiger partial charge on any atom is -0.403 e. The van der Waals surface area contributed by atoms with Crippen LogP contribution in [0.1, 0.15) is 11.7 Å². The summed E-state index contributed by atoms with van der Waals surface area (Å²) in [5.41, 5.74) is 2.13. The number of benzene rings is 2. The first-order valence-electron chi connectivity index (χ1n) is 12.8. The molecule has 0 saturated heterocycles. The van der Waals surface area contributed by atoms with Gasteiger partial charge in [0.05, 0.1) is 28.3 Å². The number of aromatic nitrogens is 3. The van der Waals surface area contributed by atoms with Crippen LogP contribution in [0, 0.1) is 0 Å². The molecule has 0 aliphatic heterocycles. The Hall–Kier alpha value is -4.91. The van der Waals surface area contributed by atoms with E-state index in [1.54, 1.807) is 30.3 Å². The fourth-order valence-electron chi connectivity index (χ4n) is 4.28. The third-order valence-electron chi connectivity index (χ3n) is 6.29. The molecular weight excluding hydrogens is 551 g/mol. The molecule has 4 aromatic rings. The molecule has 10 nitrogen and oxygen atoms in total. The van der Waals surface area contributed by atoms with E-state index in [1.165, 1.54) is 29.8 Å². The summed E-state index contributed by atoms with van der Waals surface area (Å²) in [4.78, 5) is 36.7. The lowest BCUT2D eigenvalue weighted by molar-refractivity contribution is -0.274. The summed E-state index contributed by atoms with van der Waals surface area (Å²) < 4.78 is 46.4. The maximum atomic E-state index is 13.5. The summed E-state index contributed by atoms with van der Waals surface area (Å²) in [7, 11) is 5.42. The number of alkyl halides is 3. The van der Waals surface area contributed by atoms with Crippen LogP contribution >= 0.6 is 0 Å². The Balaban J connectivity index is 1.79.